The van der Waals surface area contributed by atoms with Crippen LogP contribution >= 0.6 is 22.9 Å². The Bertz CT molecular complexity index is 1210. The highest BCUT2D eigenvalue weighted by molar-refractivity contribution is 7.15. The van der Waals surface area contributed by atoms with E-state index >= 15 is 0 Å². The minimum Gasteiger partial charge on any atom is -0.457 e. The van der Waals surface area contributed by atoms with E-state index in [1.54, 1.807) is 6.20 Å². The molecule has 3 aromatic carbocycles. The van der Waals surface area contributed by atoms with Crippen LogP contribution in [-0.2, 0) is 11.2 Å². The van der Waals surface area contributed by atoms with Crippen molar-refractivity contribution in [2.75, 3.05) is 5.32 Å². The Morgan fingerprint density at radius 1 is 1.00 bits per heavy atom. The zero-order valence-electron chi connectivity index (χ0n) is 16.5. The Hall–Kier alpha value is -3.15. The topological polar surface area (TPSA) is 51.2 Å². The van der Waals surface area contributed by atoms with E-state index in [0.717, 1.165) is 39.5 Å². The van der Waals surface area contributed by atoms with Gasteiger partial charge in [0.05, 0.1) is 0 Å². The summed E-state index contributed by atoms with van der Waals surface area (Å²) in [5.41, 5.74) is 3.17. The summed E-state index contributed by atoms with van der Waals surface area (Å²) in [4.78, 5) is 18.4. The number of thiazole rings is 1. The van der Waals surface area contributed by atoms with Gasteiger partial charge in [-0.15, -0.1) is 11.3 Å². The Morgan fingerprint density at radius 2 is 1.71 bits per heavy atom. The lowest BCUT2D eigenvalue weighted by Gasteiger charge is -2.27. The van der Waals surface area contributed by atoms with Gasteiger partial charge in [-0.1, -0.05) is 60.1 Å². The van der Waals surface area contributed by atoms with Crippen molar-refractivity contribution in [3.05, 3.63) is 106 Å². The SMILES string of the molecule is O=C(CC1c2ccccc2Oc2ccccc21)Nc1ncc(Cc2cccc(Cl)c2)s1. The van der Waals surface area contributed by atoms with Crippen molar-refractivity contribution in [2.45, 2.75) is 18.8 Å². The van der Waals surface area contributed by atoms with Crippen molar-refractivity contribution in [2.24, 2.45) is 0 Å². The van der Waals surface area contributed by atoms with Crippen LogP contribution in [0.3, 0.4) is 0 Å². The van der Waals surface area contributed by atoms with Gasteiger partial charge in [0.2, 0.25) is 5.91 Å². The Morgan fingerprint density at radius 3 is 2.42 bits per heavy atom. The van der Waals surface area contributed by atoms with Gasteiger partial charge < -0.3 is 10.1 Å². The molecule has 0 unspecified atom stereocenters. The van der Waals surface area contributed by atoms with Crippen LogP contribution in [0, 0.1) is 0 Å². The van der Waals surface area contributed by atoms with Crippen molar-refractivity contribution in [3.8, 4) is 11.5 Å². The lowest BCUT2D eigenvalue weighted by Crippen LogP contribution is -2.19. The minimum atomic E-state index is -0.0693. The number of rotatable bonds is 5. The Labute approximate surface area is 189 Å². The number of halogens is 1. The molecule has 1 aliphatic rings. The Balaban J connectivity index is 1.31. The van der Waals surface area contributed by atoms with E-state index in [0.29, 0.717) is 16.6 Å². The van der Waals surface area contributed by atoms with Gasteiger partial charge in [0.25, 0.3) is 0 Å². The van der Waals surface area contributed by atoms with Crippen molar-refractivity contribution < 1.29 is 9.53 Å². The van der Waals surface area contributed by atoms with Gasteiger partial charge >= 0.3 is 0 Å². The number of carbonyl (C=O) groups excluding carboxylic acids is 1. The van der Waals surface area contributed by atoms with Gasteiger partial charge in [-0.25, -0.2) is 4.98 Å². The monoisotopic (exact) mass is 446 g/mol. The van der Waals surface area contributed by atoms with Crippen LogP contribution in [0.4, 0.5) is 5.13 Å². The fourth-order valence-electron chi connectivity index (χ4n) is 3.88. The molecule has 4 aromatic rings. The molecule has 0 atom stereocenters. The molecule has 1 aliphatic heterocycles. The van der Waals surface area contributed by atoms with E-state index in [1.165, 1.54) is 11.3 Å². The van der Waals surface area contributed by atoms with E-state index < -0.39 is 0 Å². The molecule has 0 spiro atoms. The Kier molecular flexibility index (Phi) is 5.45. The first-order valence-corrected chi connectivity index (χ1v) is 11.2. The summed E-state index contributed by atoms with van der Waals surface area (Å²) < 4.78 is 6.02. The first-order valence-electron chi connectivity index (χ1n) is 10.0. The lowest BCUT2D eigenvalue weighted by molar-refractivity contribution is -0.116. The van der Waals surface area contributed by atoms with Gasteiger partial charge in [0.1, 0.15) is 11.5 Å². The fraction of sp³-hybridized carbons (Fsp3) is 0.120. The number of ether oxygens (including phenoxy) is 1. The maximum atomic E-state index is 12.9. The molecule has 0 fully saturated rings. The predicted octanol–water partition coefficient (Wildman–Crippen LogP) is 6.65. The number of nitrogens with zero attached hydrogens (tertiary/aromatic N) is 1. The zero-order chi connectivity index (χ0) is 21.2. The van der Waals surface area contributed by atoms with E-state index in [-0.39, 0.29) is 11.8 Å². The molecular weight excluding hydrogens is 428 g/mol. The number of fused-ring (bicyclic) bond motifs is 2. The average Bonchev–Trinajstić information content (AvgIpc) is 3.20. The lowest BCUT2D eigenvalue weighted by atomic mass is 9.85. The largest absolute Gasteiger partial charge is 0.457 e. The van der Waals surface area contributed by atoms with Gasteiger partial charge in [-0.05, 0) is 29.8 Å². The summed E-state index contributed by atoms with van der Waals surface area (Å²) in [7, 11) is 0. The number of nitrogens with one attached hydrogen (secondary N) is 1. The van der Waals surface area contributed by atoms with Crippen molar-refractivity contribution in [3.63, 3.8) is 0 Å². The third kappa shape index (κ3) is 4.33. The standard InChI is InChI=1S/C25H19ClN2O2S/c26-17-7-5-6-16(12-17)13-18-15-27-25(31-18)28-24(29)14-21-19-8-1-3-10-22(19)30-23-11-4-2-9-20(21)23/h1-12,15,21H,13-14H2,(H,27,28,29). The molecule has 5 rings (SSSR count). The molecule has 2 heterocycles. The van der Waals surface area contributed by atoms with Gasteiger partial charge in [0, 0.05) is 46.0 Å². The fourth-order valence-corrected chi connectivity index (χ4v) is 4.96. The maximum absolute atomic E-state index is 12.9. The minimum absolute atomic E-state index is 0.0629. The molecule has 1 amide bonds. The number of amides is 1. The van der Waals surface area contributed by atoms with Gasteiger partial charge in [-0.2, -0.15) is 0 Å². The summed E-state index contributed by atoms with van der Waals surface area (Å²) in [5.74, 6) is 1.47. The normalized spacial score (nSPS) is 12.5. The molecule has 0 saturated carbocycles. The highest BCUT2D eigenvalue weighted by Crippen LogP contribution is 2.45. The third-order valence-electron chi connectivity index (χ3n) is 5.27. The summed E-state index contributed by atoms with van der Waals surface area (Å²) in [6, 6.07) is 23.5. The van der Waals surface area contributed by atoms with E-state index in [4.69, 9.17) is 16.3 Å². The smallest absolute Gasteiger partial charge is 0.227 e. The zero-order valence-corrected chi connectivity index (χ0v) is 18.1. The summed E-state index contributed by atoms with van der Waals surface area (Å²) >= 11 is 7.56. The summed E-state index contributed by atoms with van der Waals surface area (Å²) in [6.07, 6.45) is 2.86. The number of hydrogen-bond acceptors (Lipinski definition) is 4. The molecule has 0 saturated heterocycles. The number of aromatic nitrogens is 1. The van der Waals surface area contributed by atoms with Crippen LogP contribution in [0.25, 0.3) is 0 Å². The average molecular weight is 447 g/mol. The highest BCUT2D eigenvalue weighted by atomic mass is 35.5. The number of hydrogen-bond donors (Lipinski definition) is 1. The molecule has 154 valence electrons. The second-order valence-corrected chi connectivity index (χ2v) is 8.97. The van der Waals surface area contributed by atoms with Crippen LogP contribution < -0.4 is 10.1 Å². The molecular formula is C25H19ClN2O2S. The van der Waals surface area contributed by atoms with E-state index in [9.17, 15) is 4.79 Å². The molecule has 1 aromatic heterocycles. The van der Waals surface area contributed by atoms with Crippen LogP contribution in [-0.4, -0.2) is 10.9 Å². The number of anilines is 1. The summed E-state index contributed by atoms with van der Waals surface area (Å²) in [6.45, 7) is 0. The first-order chi connectivity index (χ1) is 15.2. The molecule has 31 heavy (non-hydrogen) atoms. The second-order valence-electron chi connectivity index (χ2n) is 7.42. The second kappa shape index (κ2) is 8.53. The predicted molar refractivity (Wildman–Crippen MR) is 124 cm³/mol. The van der Waals surface area contributed by atoms with Gasteiger partial charge in [0.15, 0.2) is 5.13 Å². The van der Waals surface area contributed by atoms with Crippen LogP contribution in [0.5, 0.6) is 11.5 Å². The van der Waals surface area contributed by atoms with Crippen LogP contribution in [0.1, 0.15) is 33.9 Å². The molecule has 0 bridgehead atoms. The van der Waals surface area contributed by atoms with E-state index in [1.807, 2.05) is 72.8 Å². The van der Waals surface area contributed by atoms with Crippen LogP contribution in [0.15, 0.2) is 79.0 Å². The highest BCUT2D eigenvalue weighted by Gasteiger charge is 2.28. The first kappa shape index (κ1) is 19.8. The molecule has 4 nitrogen and oxygen atoms in total. The quantitative estimate of drug-likeness (QED) is 0.373. The number of carbonyl (C=O) groups is 1. The molecule has 0 radical (unpaired) electrons. The summed E-state index contributed by atoms with van der Waals surface area (Å²) in [5, 5.41) is 4.29. The van der Waals surface area contributed by atoms with Crippen LogP contribution in [0.2, 0.25) is 5.02 Å². The van der Waals surface area contributed by atoms with Crippen molar-refractivity contribution in [1.29, 1.82) is 0 Å². The van der Waals surface area contributed by atoms with Crippen molar-refractivity contribution >= 4 is 34.0 Å². The molecule has 1 N–H and O–H groups in total. The van der Waals surface area contributed by atoms with Gasteiger partial charge in [-0.3, -0.25) is 4.79 Å². The third-order valence-corrected chi connectivity index (χ3v) is 6.41. The van der Waals surface area contributed by atoms with E-state index in [2.05, 4.69) is 10.3 Å². The molecule has 0 aliphatic carbocycles. The molecule has 6 heteroatoms. The maximum Gasteiger partial charge on any atom is 0.227 e. The number of benzene rings is 3. The van der Waals surface area contributed by atoms with Crippen molar-refractivity contribution in [1.82, 2.24) is 4.98 Å². The number of para-hydroxylation sites is 2.